The first-order valence-electron chi connectivity index (χ1n) is 7.83. The monoisotopic (exact) mass is 401 g/mol. The van der Waals surface area contributed by atoms with Gasteiger partial charge in [-0.3, -0.25) is 9.78 Å². The molecule has 136 valence electrons. The number of carbonyl (C=O) groups excluding carboxylic acids is 1. The fourth-order valence-electron chi connectivity index (χ4n) is 3.00. The van der Waals surface area contributed by atoms with Crippen LogP contribution in [0.5, 0.6) is 0 Å². The van der Waals surface area contributed by atoms with Crippen molar-refractivity contribution in [2.45, 2.75) is 18.9 Å². The van der Waals surface area contributed by atoms with Crippen LogP contribution in [0.4, 0.5) is 0 Å². The quantitative estimate of drug-likeness (QED) is 0.848. The van der Waals surface area contributed by atoms with Crippen molar-refractivity contribution >= 4 is 42.3 Å². The maximum absolute atomic E-state index is 13.0. The lowest BCUT2D eigenvalue weighted by Crippen LogP contribution is -2.49. The molecule has 1 fully saturated rings. The number of amides is 1. The Kier molecular flexibility index (Phi) is 8.66. The molecule has 2 unspecified atom stereocenters. The minimum atomic E-state index is -0.205. The van der Waals surface area contributed by atoms with Gasteiger partial charge in [0.05, 0.1) is 12.0 Å². The second kappa shape index (κ2) is 9.97. The first-order chi connectivity index (χ1) is 11.2. The number of nitrogens with zero attached hydrogens (tertiary/aromatic N) is 2. The van der Waals surface area contributed by atoms with E-state index in [-0.39, 0.29) is 42.7 Å². The highest BCUT2D eigenvalue weighted by molar-refractivity contribution is 6.30. The summed E-state index contributed by atoms with van der Waals surface area (Å²) in [6.45, 7) is 4.19. The average molecular weight is 403 g/mol. The normalized spacial score (nSPS) is 17.8. The van der Waals surface area contributed by atoms with Gasteiger partial charge in [-0.2, -0.15) is 0 Å². The molecule has 0 saturated carbocycles. The Morgan fingerprint density at radius 2 is 2.12 bits per heavy atom. The lowest BCUT2D eigenvalue weighted by atomic mass is 9.97. The molecule has 2 heterocycles. The van der Waals surface area contributed by atoms with E-state index in [0.29, 0.717) is 11.6 Å². The second-order valence-electron chi connectivity index (χ2n) is 5.81. The summed E-state index contributed by atoms with van der Waals surface area (Å²) in [5.74, 6) is -0.0760. The molecule has 1 amide bonds. The van der Waals surface area contributed by atoms with Crippen molar-refractivity contribution in [1.82, 2.24) is 15.2 Å². The Morgan fingerprint density at radius 3 is 2.80 bits per heavy atom. The number of aromatic nitrogens is 1. The molecule has 3 rings (SSSR count). The topological polar surface area (TPSA) is 45.2 Å². The van der Waals surface area contributed by atoms with Gasteiger partial charge in [-0.1, -0.05) is 29.8 Å². The predicted molar refractivity (Wildman–Crippen MR) is 106 cm³/mol. The van der Waals surface area contributed by atoms with Crippen LogP contribution in [-0.4, -0.2) is 35.4 Å². The molecule has 4 nitrogen and oxygen atoms in total. The summed E-state index contributed by atoms with van der Waals surface area (Å²) in [6.07, 6.45) is 3.49. The molecular weight excluding hydrogens is 381 g/mol. The van der Waals surface area contributed by atoms with Gasteiger partial charge in [-0.15, -0.1) is 24.8 Å². The van der Waals surface area contributed by atoms with Crippen LogP contribution >= 0.6 is 36.4 Å². The van der Waals surface area contributed by atoms with E-state index >= 15 is 0 Å². The van der Waals surface area contributed by atoms with Crippen LogP contribution in [0.15, 0.2) is 48.8 Å². The van der Waals surface area contributed by atoms with Crippen LogP contribution in [0.1, 0.15) is 30.0 Å². The summed E-state index contributed by atoms with van der Waals surface area (Å²) in [7, 11) is 0. The van der Waals surface area contributed by atoms with Gasteiger partial charge in [0.25, 0.3) is 0 Å². The fourth-order valence-corrected chi connectivity index (χ4v) is 3.20. The van der Waals surface area contributed by atoms with E-state index in [2.05, 4.69) is 10.3 Å². The fraction of sp³-hybridized carbons (Fsp3) is 0.333. The van der Waals surface area contributed by atoms with Crippen molar-refractivity contribution in [3.8, 4) is 0 Å². The zero-order valence-electron chi connectivity index (χ0n) is 13.9. The summed E-state index contributed by atoms with van der Waals surface area (Å²) in [5.41, 5.74) is 2.01. The molecule has 2 atom stereocenters. The molecule has 1 aromatic heterocycles. The Bertz CT molecular complexity index is 684. The third kappa shape index (κ3) is 5.08. The lowest BCUT2D eigenvalue weighted by molar-refractivity contribution is -0.135. The SMILES string of the molecule is CC(C(=O)N1CCNCC1c1cccc(Cl)c1)c1cccnc1.Cl.Cl. The van der Waals surface area contributed by atoms with E-state index in [0.717, 1.165) is 24.2 Å². The van der Waals surface area contributed by atoms with Crippen LogP contribution in [0.3, 0.4) is 0 Å². The van der Waals surface area contributed by atoms with E-state index in [1.165, 1.54) is 0 Å². The summed E-state index contributed by atoms with van der Waals surface area (Å²) < 4.78 is 0. The van der Waals surface area contributed by atoms with Crippen molar-refractivity contribution < 1.29 is 4.79 Å². The van der Waals surface area contributed by atoms with Crippen molar-refractivity contribution in [3.05, 3.63) is 64.9 Å². The molecule has 25 heavy (non-hydrogen) atoms. The molecule has 1 N–H and O–H groups in total. The number of benzene rings is 1. The Hall–Kier alpha value is -1.33. The number of nitrogens with one attached hydrogen (secondary N) is 1. The van der Waals surface area contributed by atoms with Crippen LogP contribution in [0, 0.1) is 0 Å². The molecule has 2 aromatic rings. The standard InChI is InChI=1S/C18H20ClN3O.2ClH/c1-13(15-5-3-7-20-11-15)18(23)22-9-8-21-12-17(22)14-4-2-6-16(19)10-14;;/h2-7,10-11,13,17,21H,8-9,12H2,1H3;2*1H. The summed E-state index contributed by atoms with van der Waals surface area (Å²) in [4.78, 5) is 19.1. The molecule has 0 spiro atoms. The molecule has 7 heteroatoms. The molecule has 0 aliphatic carbocycles. The van der Waals surface area contributed by atoms with Crippen molar-refractivity contribution in [1.29, 1.82) is 0 Å². The Morgan fingerprint density at radius 1 is 1.32 bits per heavy atom. The van der Waals surface area contributed by atoms with Gasteiger partial charge in [0, 0.05) is 37.1 Å². The van der Waals surface area contributed by atoms with Crippen molar-refractivity contribution in [2.75, 3.05) is 19.6 Å². The number of rotatable bonds is 3. The summed E-state index contributed by atoms with van der Waals surface area (Å²) in [6, 6.07) is 11.6. The molecule has 1 aliphatic heterocycles. The smallest absolute Gasteiger partial charge is 0.230 e. The van der Waals surface area contributed by atoms with Gasteiger partial charge in [0.2, 0.25) is 5.91 Å². The molecule has 0 radical (unpaired) electrons. The predicted octanol–water partition coefficient (Wildman–Crippen LogP) is 3.86. The first kappa shape index (κ1) is 21.7. The van der Waals surface area contributed by atoms with Crippen molar-refractivity contribution in [2.24, 2.45) is 0 Å². The number of hydrogen-bond acceptors (Lipinski definition) is 3. The van der Waals surface area contributed by atoms with Crippen molar-refractivity contribution in [3.63, 3.8) is 0 Å². The van der Waals surface area contributed by atoms with Gasteiger partial charge in [0.15, 0.2) is 0 Å². The lowest BCUT2D eigenvalue weighted by Gasteiger charge is -2.38. The summed E-state index contributed by atoms with van der Waals surface area (Å²) in [5, 5.41) is 4.06. The van der Waals surface area contributed by atoms with E-state index in [4.69, 9.17) is 11.6 Å². The number of halogens is 3. The average Bonchev–Trinajstić information content (AvgIpc) is 2.61. The molecule has 1 saturated heterocycles. The van der Waals surface area contributed by atoms with Crippen LogP contribution in [0.25, 0.3) is 0 Å². The number of carbonyl (C=O) groups is 1. The molecule has 1 aliphatic rings. The minimum absolute atomic E-state index is 0. The Balaban J connectivity index is 0.00000156. The first-order valence-corrected chi connectivity index (χ1v) is 8.21. The van der Waals surface area contributed by atoms with Crippen LogP contribution < -0.4 is 5.32 Å². The highest BCUT2D eigenvalue weighted by Gasteiger charge is 2.31. The van der Waals surface area contributed by atoms with Gasteiger partial charge < -0.3 is 10.2 Å². The van der Waals surface area contributed by atoms with E-state index in [1.54, 1.807) is 12.4 Å². The minimum Gasteiger partial charge on any atom is -0.333 e. The largest absolute Gasteiger partial charge is 0.333 e. The maximum atomic E-state index is 13.0. The Labute approximate surface area is 165 Å². The highest BCUT2D eigenvalue weighted by atomic mass is 35.5. The van der Waals surface area contributed by atoms with E-state index < -0.39 is 0 Å². The number of piperazine rings is 1. The highest BCUT2D eigenvalue weighted by Crippen LogP contribution is 2.28. The van der Waals surface area contributed by atoms with Gasteiger partial charge in [-0.25, -0.2) is 0 Å². The third-order valence-electron chi connectivity index (χ3n) is 4.31. The molecule has 1 aromatic carbocycles. The summed E-state index contributed by atoms with van der Waals surface area (Å²) >= 11 is 6.12. The zero-order chi connectivity index (χ0) is 16.2. The van der Waals surface area contributed by atoms with E-state index in [9.17, 15) is 4.79 Å². The van der Waals surface area contributed by atoms with Gasteiger partial charge in [-0.05, 0) is 36.2 Å². The third-order valence-corrected chi connectivity index (χ3v) is 4.55. The van der Waals surface area contributed by atoms with Crippen LogP contribution in [-0.2, 0) is 4.79 Å². The second-order valence-corrected chi connectivity index (χ2v) is 6.25. The molecule has 0 bridgehead atoms. The van der Waals surface area contributed by atoms with E-state index in [1.807, 2.05) is 48.2 Å². The van der Waals surface area contributed by atoms with Gasteiger partial charge in [0.1, 0.15) is 0 Å². The molecular formula is C18H22Cl3N3O. The van der Waals surface area contributed by atoms with Gasteiger partial charge >= 0.3 is 0 Å². The number of hydrogen-bond donors (Lipinski definition) is 1. The number of pyridine rings is 1. The van der Waals surface area contributed by atoms with Crippen LogP contribution in [0.2, 0.25) is 5.02 Å². The zero-order valence-corrected chi connectivity index (χ0v) is 16.3. The maximum Gasteiger partial charge on any atom is 0.230 e.